The summed E-state index contributed by atoms with van der Waals surface area (Å²) < 4.78 is 0. The highest BCUT2D eigenvalue weighted by Gasteiger charge is 2.22. The van der Waals surface area contributed by atoms with E-state index in [1.807, 2.05) is 0 Å². The zero-order valence-corrected chi connectivity index (χ0v) is 10.9. The van der Waals surface area contributed by atoms with Crippen LogP contribution in [0.2, 0.25) is 0 Å². The first kappa shape index (κ1) is 15.4. The van der Waals surface area contributed by atoms with Crippen LogP contribution in [-0.2, 0) is 14.4 Å². The summed E-state index contributed by atoms with van der Waals surface area (Å²) in [5.74, 6) is -1.82. The van der Waals surface area contributed by atoms with E-state index in [1.165, 1.54) is 0 Å². The zero-order valence-electron chi connectivity index (χ0n) is 10.9. The number of hydrogen-bond donors (Lipinski definition) is 4. The van der Waals surface area contributed by atoms with Crippen molar-refractivity contribution >= 4 is 17.8 Å². The number of carbonyl (C=O) groups is 3. The van der Waals surface area contributed by atoms with E-state index in [0.717, 1.165) is 32.4 Å². The third-order valence-electron chi connectivity index (χ3n) is 3.28. The van der Waals surface area contributed by atoms with Gasteiger partial charge in [0.15, 0.2) is 0 Å². The number of carboxylic acid groups (broad SMARTS) is 1. The molecule has 19 heavy (non-hydrogen) atoms. The van der Waals surface area contributed by atoms with E-state index in [9.17, 15) is 14.4 Å². The molecule has 0 aromatic rings. The normalized spacial score (nSPS) is 17.7. The first-order chi connectivity index (χ1) is 8.99. The van der Waals surface area contributed by atoms with Crippen LogP contribution in [0.5, 0.6) is 0 Å². The summed E-state index contributed by atoms with van der Waals surface area (Å²) in [6.45, 7) is 1.93. The summed E-state index contributed by atoms with van der Waals surface area (Å²) in [7, 11) is 0. The first-order valence-electron chi connectivity index (χ1n) is 6.50. The highest BCUT2D eigenvalue weighted by atomic mass is 16.4. The minimum atomic E-state index is -1.24. The molecular weight excluding hydrogens is 250 g/mol. The van der Waals surface area contributed by atoms with Gasteiger partial charge in [0.2, 0.25) is 11.8 Å². The lowest BCUT2D eigenvalue weighted by atomic mass is 9.93. The van der Waals surface area contributed by atoms with Gasteiger partial charge in [0.1, 0.15) is 6.04 Å². The molecule has 5 N–H and O–H groups in total. The monoisotopic (exact) mass is 271 g/mol. The summed E-state index contributed by atoms with van der Waals surface area (Å²) >= 11 is 0. The lowest BCUT2D eigenvalue weighted by Crippen LogP contribution is -2.43. The van der Waals surface area contributed by atoms with Gasteiger partial charge >= 0.3 is 5.97 Å². The van der Waals surface area contributed by atoms with Crippen molar-refractivity contribution < 1.29 is 19.5 Å². The first-order valence-corrected chi connectivity index (χ1v) is 6.50. The van der Waals surface area contributed by atoms with Gasteiger partial charge in [-0.2, -0.15) is 0 Å². The molecule has 1 aliphatic rings. The molecule has 2 amide bonds. The molecule has 1 rings (SSSR count). The smallest absolute Gasteiger partial charge is 0.326 e. The highest BCUT2D eigenvalue weighted by Crippen LogP contribution is 2.17. The van der Waals surface area contributed by atoms with Gasteiger partial charge in [-0.25, -0.2) is 4.79 Å². The molecule has 0 spiro atoms. The molecule has 0 radical (unpaired) electrons. The van der Waals surface area contributed by atoms with E-state index in [0.29, 0.717) is 5.92 Å². The molecule has 1 aliphatic heterocycles. The molecule has 7 nitrogen and oxygen atoms in total. The molecule has 0 unspecified atom stereocenters. The lowest BCUT2D eigenvalue weighted by molar-refractivity contribution is -0.143. The maximum atomic E-state index is 11.6. The van der Waals surface area contributed by atoms with Crippen molar-refractivity contribution in [2.75, 3.05) is 13.1 Å². The molecule has 1 saturated heterocycles. The molecule has 1 heterocycles. The number of amides is 2. The third kappa shape index (κ3) is 6.19. The second kappa shape index (κ2) is 7.73. The Kier molecular flexibility index (Phi) is 6.27. The van der Waals surface area contributed by atoms with Crippen molar-refractivity contribution in [3.63, 3.8) is 0 Å². The van der Waals surface area contributed by atoms with E-state index in [4.69, 9.17) is 10.8 Å². The highest BCUT2D eigenvalue weighted by molar-refractivity contribution is 5.88. The summed E-state index contributed by atoms with van der Waals surface area (Å²) in [4.78, 5) is 33.2. The summed E-state index contributed by atoms with van der Waals surface area (Å²) in [5, 5.41) is 14.4. The average molecular weight is 271 g/mol. The van der Waals surface area contributed by atoms with Crippen molar-refractivity contribution in [1.29, 1.82) is 0 Å². The Morgan fingerprint density at radius 2 is 1.95 bits per heavy atom. The number of carboxylic acids is 1. The quantitative estimate of drug-likeness (QED) is 0.483. The molecule has 108 valence electrons. The summed E-state index contributed by atoms with van der Waals surface area (Å²) in [6, 6.07) is -1.22. The molecule has 0 aromatic carbocycles. The van der Waals surface area contributed by atoms with Gasteiger partial charge in [-0.05, 0) is 38.3 Å². The number of primary amides is 1. The number of rotatable bonds is 7. The maximum absolute atomic E-state index is 11.6. The second-order valence-corrected chi connectivity index (χ2v) is 4.86. The Balaban J connectivity index is 2.31. The van der Waals surface area contributed by atoms with Gasteiger partial charge in [0, 0.05) is 6.42 Å². The van der Waals surface area contributed by atoms with Crippen LogP contribution in [0.4, 0.5) is 0 Å². The average Bonchev–Trinajstić information content (AvgIpc) is 2.36. The van der Waals surface area contributed by atoms with Crippen molar-refractivity contribution in [3.8, 4) is 0 Å². The number of nitrogens with two attached hydrogens (primary N) is 1. The van der Waals surface area contributed by atoms with Crippen molar-refractivity contribution in [3.05, 3.63) is 0 Å². The van der Waals surface area contributed by atoms with Gasteiger partial charge in [-0.1, -0.05) is 0 Å². The number of hydrogen-bond acceptors (Lipinski definition) is 4. The molecule has 1 fully saturated rings. The van der Waals surface area contributed by atoms with E-state index in [1.54, 1.807) is 0 Å². The zero-order chi connectivity index (χ0) is 14.3. The van der Waals surface area contributed by atoms with Crippen LogP contribution >= 0.6 is 0 Å². The Hall–Kier alpha value is -1.63. The maximum Gasteiger partial charge on any atom is 0.326 e. The Morgan fingerprint density at radius 3 is 2.47 bits per heavy atom. The largest absolute Gasteiger partial charge is 0.480 e. The van der Waals surface area contributed by atoms with Crippen LogP contribution in [0.15, 0.2) is 0 Å². The van der Waals surface area contributed by atoms with E-state index >= 15 is 0 Å². The predicted molar refractivity (Wildman–Crippen MR) is 68.2 cm³/mol. The molecule has 0 aromatic heterocycles. The van der Waals surface area contributed by atoms with E-state index in [2.05, 4.69) is 10.6 Å². The van der Waals surface area contributed by atoms with Gasteiger partial charge in [0.05, 0.1) is 6.42 Å². The Bertz CT molecular complexity index is 340. The molecular formula is C12H21N3O4. The fourth-order valence-electron chi connectivity index (χ4n) is 2.17. The Morgan fingerprint density at radius 1 is 1.32 bits per heavy atom. The SMILES string of the molecule is NC(=O)C[C@@H](NC(=O)CCC1CCNCC1)C(=O)O. The molecule has 0 saturated carbocycles. The summed E-state index contributed by atoms with van der Waals surface area (Å²) in [5.41, 5.74) is 4.94. The fraction of sp³-hybridized carbons (Fsp3) is 0.750. The number of aliphatic carboxylic acids is 1. The molecule has 1 atom stereocenters. The number of carbonyl (C=O) groups excluding carboxylic acids is 2. The van der Waals surface area contributed by atoms with Crippen LogP contribution < -0.4 is 16.4 Å². The van der Waals surface area contributed by atoms with Gasteiger partial charge in [-0.15, -0.1) is 0 Å². The second-order valence-electron chi connectivity index (χ2n) is 4.86. The minimum absolute atomic E-state index is 0.285. The Labute approximate surface area is 111 Å². The topological polar surface area (TPSA) is 122 Å². The van der Waals surface area contributed by atoms with Gasteiger partial charge in [0.25, 0.3) is 0 Å². The van der Waals surface area contributed by atoms with Crippen molar-refractivity contribution in [2.24, 2.45) is 11.7 Å². The minimum Gasteiger partial charge on any atom is -0.480 e. The van der Waals surface area contributed by atoms with Crippen LogP contribution in [-0.4, -0.2) is 42.0 Å². The fourth-order valence-corrected chi connectivity index (χ4v) is 2.17. The van der Waals surface area contributed by atoms with Crippen LogP contribution in [0.1, 0.15) is 32.1 Å². The van der Waals surface area contributed by atoms with E-state index in [-0.39, 0.29) is 18.7 Å². The van der Waals surface area contributed by atoms with Gasteiger partial charge < -0.3 is 21.5 Å². The van der Waals surface area contributed by atoms with Crippen LogP contribution in [0.3, 0.4) is 0 Å². The van der Waals surface area contributed by atoms with Crippen molar-refractivity contribution in [1.82, 2.24) is 10.6 Å². The molecule has 0 bridgehead atoms. The summed E-state index contributed by atoms with van der Waals surface area (Å²) in [6.07, 6.45) is 2.73. The predicted octanol–water partition coefficient (Wildman–Crippen LogP) is -0.789. The number of piperidine rings is 1. The van der Waals surface area contributed by atoms with Crippen LogP contribution in [0, 0.1) is 5.92 Å². The van der Waals surface area contributed by atoms with Crippen molar-refractivity contribution in [2.45, 2.75) is 38.1 Å². The van der Waals surface area contributed by atoms with Gasteiger partial charge in [-0.3, -0.25) is 9.59 Å². The molecule has 0 aliphatic carbocycles. The standard InChI is InChI=1S/C12H21N3O4/c13-10(16)7-9(12(18)19)15-11(17)2-1-8-3-5-14-6-4-8/h8-9,14H,1-7H2,(H2,13,16)(H,15,17)(H,18,19)/t9-/m1/s1. The lowest BCUT2D eigenvalue weighted by Gasteiger charge is -2.22. The number of nitrogens with one attached hydrogen (secondary N) is 2. The molecule has 7 heteroatoms. The third-order valence-corrected chi connectivity index (χ3v) is 3.28. The van der Waals surface area contributed by atoms with E-state index < -0.39 is 17.9 Å². The van der Waals surface area contributed by atoms with Crippen LogP contribution in [0.25, 0.3) is 0 Å².